The Hall–Kier alpha value is -2.61. The first-order valence-electron chi connectivity index (χ1n) is 6.67. The zero-order valence-corrected chi connectivity index (χ0v) is 12.7. The first-order chi connectivity index (χ1) is 11.4. The Kier molecular flexibility index (Phi) is 4.39. The highest BCUT2D eigenvalue weighted by atomic mass is 35.5. The first-order valence-corrected chi connectivity index (χ1v) is 7.04. The van der Waals surface area contributed by atoms with Gasteiger partial charge < -0.3 is 9.15 Å². The Balaban J connectivity index is 1.76. The number of hydrogen-bond donors (Lipinski definition) is 0. The highest BCUT2D eigenvalue weighted by molar-refractivity contribution is 6.32. The molecule has 0 atom stereocenters. The Labute approximate surface area is 139 Å². The summed E-state index contributed by atoms with van der Waals surface area (Å²) in [5.41, 5.74) is -0.980. The van der Waals surface area contributed by atoms with Gasteiger partial charge in [-0.2, -0.15) is 13.2 Å². The van der Waals surface area contributed by atoms with Crippen molar-refractivity contribution in [2.75, 3.05) is 0 Å². The van der Waals surface area contributed by atoms with Crippen LogP contribution in [0.5, 0.6) is 5.75 Å². The summed E-state index contributed by atoms with van der Waals surface area (Å²) < 4.78 is 48.6. The number of nitrogens with zero attached hydrogens (tertiary/aromatic N) is 3. The molecule has 3 aromatic rings. The van der Waals surface area contributed by atoms with Crippen LogP contribution in [0.4, 0.5) is 13.2 Å². The van der Waals surface area contributed by atoms with Crippen molar-refractivity contribution in [2.24, 2.45) is 0 Å². The summed E-state index contributed by atoms with van der Waals surface area (Å²) in [4.78, 5) is 3.66. The number of benzene rings is 1. The molecule has 0 aliphatic rings. The van der Waals surface area contributed by atoms with Crippen molar-refractivity contribution in [1.82, 2.24) is 15.2 Å². The van der Waals surface area contributed by atoms with Gasteiger partial charge in [0.05, 0.1) is 10.6 Å². The molecule has 124 valence electrons. The standard InChI is InChI=1S/C15H9ClF3N3O2/c16-11-6-9(15(17,18)19)7-20-13(11)14-22-21-12(24-14)8-23-10-4-2-1-3-5-10/h1-7H,8H2. The Morgan fingerprint density at radius 1 is 1.12 bits per heavy atom. The van der Waals surface area contributed by atoms with Crippen LogP contribution in [0.3, 0.4) is 0 Å². The van der Waals surface area contributed by atoms with E-state index in [1.165, 1.54) is 0 Å². The van der Waals surface area contributed by atoms with E-state index in [2.05, 4.69) is 15.2 Å². The molecule has 0 N–H and O–H groups in total. The first kappa shape index (κ1) is 16.3. The van der Waals surface area contributed by atoms with Gasteiger partial charge in [0.1, 0.15) is 11.4 Å². The van der Waals surface area contributed by atoms with Crippen molar-refractivity contribution in [1.29, 1.82) is 0 Å². The predicted molar refractivity (Wildman–Crippen MR) is 78.3 cm³/mol. The van der Waals surface area contributed by atoms with E-state index < -0.39 is 11.7 Å². The van der Waals surface area contributed by atoms with E-state index in [-0.39, 0.29) is 29.1 Å². The lowest BCUT2D eigenvalue weighted by molar-refractivity contribution is -0.137. The molecule has 1 aromatic carbocycles. The summed E-state index contributed by atoms with van der Waals surface area (Å²) in [6.07, 6.45) is -3.87. The predicted octanol–water partition coefficient (Wildman–Crippen LogP) is 4.38. The quantitative estimate of drug-likeness (QED) is 0.695. The molecule has 9 heteroatoms. The van der Waals surface area contributed by atoms with Gasteiger partial charge in [-0.15, -0.1) is 10.2 Å². The molecule has 0 radical (unpaired) electrons. The van der Waals surface area contributed by atoms with Gasteiger partial charge >= 0.3 is 6.18 Å². The van der Waals surface area contributed by atoms with Crippen LogP contribution in [0.2, 0.25) is 5.02 Å². The monoisotopic (exact) mass is 355 g/mol. The number of aromatic nitrogens is 3. The van der Waals surface area contributed by atoms with E-state index in [0.29, 0.717) is 11.9 Å². The normalized spacial score (nSPS) is 11.5. The van der Waals surface area contributed by atoms with E-state index in [4.69, 9.17) is 20.8 Å². The van der Waals surface area contributed by atoms with E-state index in [1.807, 2.05) is 6.07 Å². The summed E-state index contributed by atoms with van der Waals surface area (Å²) in [7, 11) is 0. The lowest BCUT2D eigenvalue weighted by Crippen LogP contribution is -2.05. The zero-order valence-electron chi connectivity index (χ0n) is 11.9. The highest BCUT2D eigenvalue weighted by Crippen LogP contribution is 2.33. The Morgan fingerprint density at radius 3 is 2.54 bits per heavy atom. The molecule has 0 amide bonds. The molecular formula is C15H9ClF3N3O2. The van der Waals surface area contributed by atoms with Crippen molar-refractivity contribution in [3.63, 3.8) is 0 Å². The zero-order chi connectivity index (χ0) is 17.2. The number of hydrogen-bond acceptors (Lipinski definition) is 5. The topological polar surface area (TPSA) is 61.0 Å². The summed E-state index contributed by atoms with van der Waals surface area (Å²) >= 11 is 5.83. The maximum Gasteiger partial charge on any atom is 0.417 e. The Morgan fingerprint density at radius 2 is 1.88 bits per heavy atom. The van der Waals surface area contributed by atoms with Crippen molar-refractivity contribution < 1.29 is 22.3 Å². The van der Waals surface area contributed by atoms with Gasteiger partial charge in [-0.3, -0.25) is 0 Å². The van der Waals surface area contributed by atoms with Crippen molar-refractivity contribution in [3.8, 4) is 17.3 Å². The van der Waals surface area contributed by atoms with Gasteiger partial charge in [0.25, 0.3) is 11.8 Å². The van der Waals surface area contributed by atoms with Crippen LogP contribution in [0.25, 0.3) is 11.6 Å². The lowest BCUT2D eigenvalue weighted by Gasteiger charge is -2.07. The minimum Gasteiger partial charge on any atom is -0.484 e. The molecule has 3 rings (SSSR count). The van der Waals surface area contributed by atoms with Crippen LogP contribution in [-0.2, 0) is 12.8 Å². The number of alkyl halides is 3. The smallest absolute Gasteiger partial charge is 0.417 e. The third-order valence-electron chi connectivity index (χ3n) is 2.94. The van der Waals surface area contributed by atoms with Crippen molar-refractivity contribution in [3.05, 3.63) is 59.1 Å². The maximum absolute atomic E-state index is 12.6. The average Bonchev–Trinajstić information content (AvgIpc) is 3.01. The van der Waals surface area contributed by atoms with Crippen LogP contribution in [-0.4, -0.2) is 15.2 Å². The van der Waals surface area contributed by atoms with Crippen molar-refractivity contribution >= 4 is 11.6 Å². The van der Waals surface area contributed by atoms with Gasteiger partial charge in [-0.25, -0.2) is 4.98 Å². The maximum atomic E-state index is 12.6. The molecule has 0 saturated heterocycles. The molecule has 0 spiro atoms. The van der Waals surface area contributed by atoms with Crippen LogP contribution in [0, 0.1) is 0 Å². The van der Waals surface area contributed by atoms with E-state index >= 15 is 0 Å². The third-order valence-corrected chi connectivity index (χ3v) is 3.23. The number of ether oxygens (including phenoxy) is 1. The molecule has 0 aliphatic carbocycles. The molecule has 0 saturated carbocycles. The van der Waals surface area contributed by atoms with Gasteiger partial charge in [0.15, 0.2) is 6.61 Å². The number of para-hydroxylation sites is 1. The summed E-state index contributed by atoms with van der Waals surface area (Å²) in [5.74, 6) is 0.676. The van der Waals surface area contributed by atoms with Gasteiger partial charge in [0.2, 0.25) is 0 Å². The summed E-state index contributed by atoms with van der Waals surface area (Å²) in [5, 5.41) is 7.25. The average molecular weight is 356 g/mol. The highest BCUT2D eigenvalue weighted by Gasteiger charge is 2.32. The second-order valence-electron chi connectivity index (χ2n) is 4.65. The second kappa shape index (κ2) is 6.48. The number of rotatable bonds is 4. The molecule has 2 aromatic heterocycles. The molecule has 0 unspecified atom stereocenters. The molecule has 5 nitrogen and oxygen atoms in total. The minimum absolute atomic E-state index is 0.00919. The van der Waals surface area contributed by atoms with Crippen LogP contribution < -0.4 is 4.74 Å². The van der Waals surface area contributed by atoms with Crippen LogP contribution in [0.15, 0.2) is 47.0 Å². The molecule has 0 bridgehead atoms. The number of pyridine rings is 1. The molecular weight excluding hydrogens is 347 g/mol. The molecule has 24 heavy (non-hydrogen) atoms. The number of halogens is 4. The van der Waals surface area contributed by atoms with E-state index in [1.54, 1.807) is 24.3 Å². The molecule has 2 heterocycles. The van der Waals surface area contributed by atoms with Crippen LogP contribution >= 0.6 is 11.6 Å². The third kappa shape index (κ3) is 3.65. The minimum atomic E-state index is -4.53. The fraction of sp³-hybridized carbons (Fsp3) is 0.133. The van der Waals surface area contributed by atoms with Gasteiger partial charge in [-0.05, 0) is 18.2 Å². The SMILES string of the molecule is FC(F)(F)c1cnc(-c2nnc(COc3ccccc3)o2)c(Cl)c1. The fourth-order valence-corrected chi connectivity index (χ4v) is 2.07. The largest absolute Gasteiger partial charge is 0.484 e. The van der Waals surface area contributed by atoms with E-state index in [9.17, 15) is 13.2 Å². The van der Waals surface area contributed by atoms with Crippen molar-refractivity contribution in [2.45, 2.75) is 12.8 Å². The molecule has 0 fully saturated rings. The van der Waals surface area contributed by atoms with E-state index in [0.717, 1.165) is 6.07 Å². The lowest BCUT2D eigenvalue weighted by atomic mass is 10.2. The summed E-state index contributed by atoms with van der Waals surface area (Å²) in [6, 6.07) is 9.72. The van der Waals surface area contributed by atoms with Gasteiger partial charge in [-0.1, -0.05) is 29.8 Å². The molecule has 0 aliphatic heterocycles. The summed E-state index contributed by atoms with van der Waals surface area (Å²) in [6.45, 7) is 0.00919. The Bertz CT molecular complexity index is 837. The van der Waals surface area contributed by atoms with Crippen LogP contribution in [0.1, 0.15) is 11.5 Å². The fourth-order valence-electron chi connectivity index (χ4n) is 1.82. The second-order valence-corrected chi connectivity index (χ2v) is 5.06. The van der Waals surface area contributed by atoms with Gasteiger partial charge in [0, 0.05) is 6.20 Å².